The van der Waals surface area contributed by atoms with Crippen LogP contribution in [0.3, 0.4) is 0 Å². The van der Waals surface area contributed by atoms with Crippen molar-refractivity contribution in [3.05, 3.63) is 29.8 Å². The number of unbranched alkanes of at least 4 members (excludes halogenated alkanes) is 2. The van der Waals surface area contributed by atoms with Crippen LogP contribution >= 0.6 is 7.80 Å². The van der Waals surface area contributed by atoms with Crippen LogP contribution in [0.1, 0.15) is 56.8 Å². The molecule has 124 valence electrons. The van der Waals surface area contributed by atoms with Crippen LogP contribution in [-0.4, -0.2) is 25.0 Å². The zero-order valence-corrected chi connectivity index (χ0v) is 14.8. The molecule has 0 aromatic heterocycles. The Morgan fingerprint density at radius 3 is 2.45 bits per heavy atom. The molecule has 1 aromatic carbocycles. The van der Waals surface area contributed by atoms with Crippen molar-refractivity contribution in [1.82, 2.24) is 0 Å². The van der Waals surface area contributed by atoms with Crippen molar-refractivity contribution in [2.45, 2.75) is 52.3 Å². The fourth-order valence-electron chi connectivity index (χ4n) is 1.96. The average molecular weight is 326 g/mol. The minimum atomic E-state index is -2.20. The summed E-state index contributed by atoms with van der Waals surface area (Å²) in [6.07, 6.45) is 3.78. The van der Waals surface area contributed by atoms with Gasteiger partial charge in [-0.2, -0.15) is 0 Å². The Labute approximate surface area is 134 Å². The fourth-order valence-corrected chi connectivity index (χ4v) is 3.38. The van der Waals surface area contributed by atoms with E-state index in [9.17, 15) is 9.36 Å². The highest BCUT2D eigenvalue weighted by Crippen LogP contribution is 2.29. The molecule has 0 saturated carbocycles. The van der Waals surface area contributed by atoms with Gasteiger partial charge >= 0.3 is 5.97 Å². The van der Waals surface area contributed by atoms with Gasteiger partial charge in [-0.05, 0) is 25.8 Å². The van der Waals surface area contributed by atoms with Gasteiger partial charge in [-0.15, -0.1) is 0 Å². The van der Waals surface area contributed by atoms with Crippen LogP contribution in [0, 0.1) is 0 Å². The Morgan fingerprint density at radius 1 is 1.14 bits per heavy atom. The van der Waals surface area contributed by atoms with Gasteiger partial charge in [-0.3, -0.25) is 0 Å². The Bertz CT molecular complexity index is 487. The van der Waals surface area contributed by atoms with E-state index in [1.807, 2.05) is 6.92 Å². The molecule has 0 spiro atoms. The molecule has 0 heterocycles. The molecule has 0 saturated heterocycles. The van der Waals surface area contributed by atoms with Gasteiger partial charge in [0.15, 0.2) is 0 Å². The summed E-state index contributed by atoms with van der Waals surface area (Å²) in [5.41, 5.74) is 0.397. The number of benzene rings is 1. The first-order valence-corrected chi connectivity index (χ1v) is 9.52. The van der Waals surface area contributed by atoms with Crippen molar-refractivity contribution in [1.29, 1.82) is 0 Å². The lowest BCUT2D eigenvalue weighted by atomic mass is 10.2. The van der Waals surface area contributed by atoms with Gasteiger partial charge in [0.05, 0.1) is 12.2 Å². The second-order valence-corrected chi connectivity index (χ2v) is 7.35. The first-order chi connectivity index (χ1) is 10.6. The predicted molar refractivity (Wildman–Crippen MR) is 90.6 cm³/mol. The Balaban J connectivity index is 2.77. The Kier molecular flexibility index (Phi) is 9.10. The second-order valence-electron chi connectivity index (χ2n) is 5.27. The number of esters is 1. The molecular formula is C17H27O4P. The molecule has 4 nitrogen and oxygen atoms in total. The molecule has 0 fully saturated rings. The number of carbonyl (C=O) groups is 1. The summed E-state index contributed by atoms with van der Waals surface area (Å²) < 4.78 is 23.5. The summed E-state index contributed by atoms with van der Waals surface area (Å²) in [6, 6.07) is 6.96. The van der Waals surface area contributed by atoms with Gasteiger partial charge in [0.25, 0.3) is 0 Å². The lowest BCUT2D eigenvalue weighted by Crippen LogP contribution is -2.19. The molecule has 0 aliphatic heterocycles. The number of hydrogen-bond donors (Lipinski definition) is 0. The van der Waals surface area contributed by atoms with Crippen LogP contribution in [0.4, 0.5) is 0 Å². The van der Waals surface area contributed by atoms with E-state index in [2.05, 4.69) is 6.92 Å². The van der Waals surface area contributed by atoms with Gasteiger partial charge < -0.3 is 14.0 Å². The normalized spacial score (nSPS) is 13.6. The first kappa shape index (κ1) is 18.9. The number of hydrogen-bond acceptors (Lipinski definition) is 4. The lowest BCUT2D eigenvalue weighted by molar-refractivity contribution is 0.0501. The molecule has 0 aliphatic rings. The van der Waals surface area contributed by atoms with E-state index in [1.165, 1.54) is 0 Å². The maximum atomic E-state index is 12.6. The van der Waals surface area contributed by atoms with Crippen LogP contribution in [0.5, 0.6) is 0 Å². The van der Waals surface area contributed by atoms with E-state index >= 15 is 0 Å². The monoisotopic (exact) mass is 326 g/mol. The van der Waals surface area contributed by atoms with E-state index in [0.717, 1.165) is 25.7 Å². The molecule has 0 bridgehead atoms. The van der Waals surface area contributed by atoms with Crippen LogP contribution < -0.4 is 5.30 Å². The van der Waals surface area contributed by atoms with Crippen LogP contribution in [0.25, 0.3) is 0 Å². The molecule has 1 aromatic rings. The number of carbonyl (C=O) groups excluding carboxylic acids is 1. The molecule has 0 radical (unpaired) electrons. The SMILES string of the molecule is CCCCOC(=O)c1ccccc1[PH](=O)C(C)OCCCC. The average Bonchev–Trinajstić information content (AvgIpc) is 2.54. The van der Waals surface area contributed by atoms with E-state index in [1.54, 1.807) is 31.2 Å². The predicted octanol–water partition coefficient (Wildman–Crippen LogP) is 3.99. The second kappa shape index (κ2) is 10.6. The van der Waals surface area contributed by atoms with Crippen LogP contribution in [0.2, 0.25) is 0 Å². The third-order valence-corrected chi connectivity index (χ3v) is 5.25. The molecule has 22 heavy (non-hydrogen) atoms. The third kappa shape index (κ3) is 5.94. The maximum absolute atomic E-state index is 12.6. The summed E-state index contributed by atoms with van der Waals surface area (Å²) in [6.45, 7) is 6.91. The zero-order chi connectivity index (χ0) is 16.4. The standard InChI is InChI=1S/C17H27O4P/c1-4-6-12-20-14(3)22(19)16-11-9-8-10-15(16)17(18)21-13-7-5-2/h8-11,14,22H,4-7,12-13H2,1-3H3. The number of ether oxygens (including phenoxy) is 2. The molecule has 0 aliphatic carbocycles. The molecule has 1 rings (SSSR count). The van der Waals surface area contributed by atoms with Crippen molar-refractivity contribution in [3.8, 4) is 0 Å². The lowest BCUT2D eigenvalue weighted by Gasteiger charge is -2.15. The molecule has 0 N–H and O–H groups in total. The van der Waals surface area contributed by atoms with Gasteiger partial charge in [-0.25, -0.2) is 4.79 Å². The Morgan fingerprint density at radius 2 is 1.77 bits per heavy atom. The quantitative estimate of drug-likeness (QED) is 0.370. The zero-order valence-electron chi connectivity index (χ0n) is 13.8. The van der Waals surface area contributed by atoms with E-state index in [4.69, 9.17) is 9.47 Å². The number of rotatable bonds is 10. The van der Waals surface area contributed by atoms with E-state index < -0.39 is 13.8 Å². The van der Waals surface area contributed by atoms with Crippen LogP contribution in [0.15, 0.2) is 24.3 Å². The molecule has 0 amide bonds. The van der Waals surface area contributed by atoms with Crippen LogP contribution in [-0.2, 0) is 14.0 Å². The smallest absolute Gasteiger partial charge is 0.338 e. The molecule has 5 heteroatoms. The van der Waals surface area contributed by atoms with Crippen molar-refractivity contribution < 1.29 is 18.8 Å². The highest BCUT2D eigenvalue weighted by Gasteiger charge is 2.20. The minimum absolute atomic E-state index is 0.374. The summed E-state index contributed by atoms with van der Waals surface area (Å²) >= 11 is 0. The summed E-state index contributed by atoms with van der Waals surface area (Å²) in [5.74, 6) is -0.774. The first-order valence-electron chi connectivity index (χ1n) is 8.03. The van der Waals surface area contributed by atoms with Gasteiger partial charge in [0.2, 0.25) is 0 Å². The summed E-state index contributed by atoms with van der Waals surface area (Å²) in [7, 11) is -2.20. The highest BCUT2D eigenvalue weighted by atomic mass is 31.1. The molecule has 2 atom stereocenters. The largest absolute Gasteiger partial charge is 0.462 e. The van der Waals surface area contributed by atoms with Gasteiger partial charge in [-0.1, -0.05) is 44.9 Å². The maximum Gasteiger partial charge on any atom is 0.338 e. The minimum Gasteiger partial charge on any atom is -0.462 e. The van der Waals surface area contributed by atoms with E-state index in [-0.39, 0.29) is 5.85 Å². The topological polar surface area (TPSA) is 52.6 Å². The third-order valence-electron chi connectivity index (χ3n) is 3.38. The Hall–Kier alpha value is -1.12. The highest BCUT2D eigenvalue weighted by molar-refractivity contribution is 7.54. The van der Waals surface area contributed by atoms with Gasteiger partial charge in [0, 0.05) is 11.9 Å². The summed E-state index contributed by atoms with van der Waals surface area (Å²) in [5, 5.41) is 0.554. The van der Waals surface area contributed by atoms with Crippen molar-refractivity contribution in [3.63, 3.8) is 0 Å². The van der Waals surface area contributed by atoms with Gasteiger partial charge in [0.1, 0.15) is 13.6 Å². The fraction of sp³-hybridized carbons (Fsp3) is 0.588. The van der Waals surface area contributed by atoms with Crippen molar-refractivity contribution in [2.75, 3.05) is 13.2 Å². The molecule has 2 unspecified atom stereocenters. The van der Waals surface area contributed by atoms with Crippen molar-refractivity contribution >= 4 is 19.1 Å². The van der Waals surface area contributed by atoms with Crippen molar-refractivity contribution in [2.24, 2.45) is 0 Å². The summed E-state index contributed by atoms with van der Waals surface area (Å²) in [4.78, 5) is 12.1. The van der Waals surface area contributed by atoms with E-state index in [0.29, 0.717) is 24.1 Å². The molecular weight excluding hydrogens is 299 g/mol.